The minimum atomic E-state index is 1.06. The van der Waals surface area contributed by atoms with Crippen molar-refractivity contribution < 1.29 is 0 Å². The van der Waals surface area contributed by atoms with Crippen molar-refractivity contribution in [2.75, 3.05) is 11.9 Å². The molecule has 17 heavy (non-hydrogen) atoms. The number of nitrogens with one attached hydrogen (secondary N) is 1. The number of hydrogen-bond donors (Lipinski definition) is 1. The molecule has 1 N–H and O–H groups in total. The van der Waals surface area contributed by atoms with E-state index in [1.54, 1.807) is 0 Å². The lowest BCUT2D eigenvalue weighted by Crippen LogP contribution is -2.02. The van der Waals surface area contributed by atoms with Crippen molar-refractivity contribution in [3.63, 3.8) is 0 Å². The van der Waals surface area contributed by atoms with Crippen LogP contribution in [-0.4, -0.2) is 6.54 Å². The molecule has 0 aliphatic heterocycles. The van der Waals surface area contributed by atoms with Crippen LogP contribution in [0.5, 0.6) is 0 Å². The van der Waals surface area contributed by atoms with E-state index in [9.17, 15) is 0 Å². The van der Waals surface area contributed by atoms with Gasteiger partial charge < -0.3 is 5.32 Å². The summed E-state index contributed by atoms with van der Waals surface area (Å²) in [5, 5.41) is 6.22. The number of anilines is 1. The van der Waals surface area contributed by atoms with Crippen LogP contribution < -0.4 is 5.32 Å². The van der Waals surface area contributed by atoms with E-state index in [1.165, 1.54) is 40.4 Å². The predicted octanol–water partition coefficient (Wildman–Crippen LogP) is 4.67. The van der Waals surface area contributed by atoms with Gasteiger partial charge in [0.2, 0.25) is 0 Å². The van der Waals surface area contributed by atoms with Crippen LogP contribution >= 0.6 is 0 Å². The molecule has 0 atom stereocenters. The first-order valence-electron chi connectivity index (χ1n) is 6.46. The van der Waals surface area contributed by atoms with Gasteiger partial charge in [-0.1, -0.05) is 43.2 Å². The van der Waals surface area contributed by atoms with E-state index in [1.807, 2.05) is 0 Å². The molecule has 0 aromatic heterocycles. The molecule has 0 spiro atoms. The first kappa shape index (κ1) is 12.0. The summed E-state index contributed by atoms with van der Waals surface area (Å²) in [6.07, 6.45) is 2.46. The van der Waals surface area contributed by atoms with Gasteiger partial charge in [0.15, 0.2) is 0 Å². The Morgan fingerprint density at radius 2 is 1.82 bits per heavy atom. The van der Waals surface area contributed by atoms with Crippen LogP contribution in [0.3, 0.4) is 0 Å². The van der Waals surface area contributed by atoms with Crippen molar-refractivity contribution in [3.05, 3.63) is 41.5 Å². The van der Waals surface area contributed by atoms with E-state index in [0.29, 0.717) is 0 Å². The summed E-state index contributed by atoms with van der Waals surface area (Å²) >= 11 is 0. The molecule has 0 bridgehead atoms. The molecule has 0 amide bonds. The molecule has 0 aliphatic rings. The number of unbranched alkanes of at least 4 members (excludes halogenated alkanes) is 1. The molecule has 2 rings (SSSR count). The van der Waals surface area contributed by atoms with Crippen LogP contribution in [0.4, 0.5) is 5.69 Å². The number of hydrogen-bond acceptors (Lipinski definition) is 1. The molecule has 2 aromatic rings. The van der Waals surface area contributed by atoms with Crippen molar-refractivity contribution in [1.82, 2.24) is 0 Å². The highest BCUT2D eigenvalue weighted by Crippen LogP contribution is 2.26. The smallest absolute Gasteiger partial charge is 0.0376 e. The van der Waals surface area contributed by atoms with E-state index in [2.05, 4.69) is 56.4 Å². The van der Waals surface area contributed by atoms with Gasteiger partial charge in [-0.3, -0.25) is 0 Å². The standard InChI is InChI=1S/C16H21N/c1-4-5-10-17-16-9-8-14-7-6-12(2)11-15(14)13(16)3/h6-9,11,17H,4-5,10H2,1-3H3. The summed E-state index contributed by atoms with van der Waals surface area (Å²) in [6, 6.07) is 11.0. The van der Waals surface area contributed by atoms with Gasteiger partial charge in [0.25, 0.3) is 0 Å². The zero-order chi connectivity index (χ0) is 12.3. The lowest BCUT2D eigenvalue weighted by molar-refractivity contribution is 0.834. The van der Waals surface area contributed by atoms with Gasteiger partial charge in [-0.25, -0.2) is 0 Å². The van der Waals surface area contributed by atoms with Gasteiger partial charge in [0, 0.05) is 12.2 Å². The Morgan fingerprint density at radius 1 is 1.06 bits per heavy atom. The second-order valence-corrected chi connectivity index (χ2v) is 4.74. The van der Waals surface area contributed by atoms with Crippen LogP contribution in [0, 0.1) is 13.8 Å². The van der Waals surface area contributed by atoms with Crippen LogP contribution in [0.25, 0.3) is 10.8 Å². The lowest BCUT2D eigenvalue weighted by atomic mass is 10.0. The third-order valence-corrected chi connectivity index (χ3v) is 3.29. The summed E-state index contributed by atoms with van der Waals surface area (Å²) < 4.78 is 0. The largest absolute Gasteiger partial charge is 0.385 e. The molecule has 0 radical (unpaired) electrons. The Labute approximate surface area is 104 Å². The lowest BCUT2D eigenvalue weighted by Gasteiger charge is -2.12. The molecule has 0 aliphatic carbocycles. The molecule has 0 saturated carbocycles. The number of benzene rings is 2. The fourth-order valence-electron chi connectivity index (χ4n) is 2.17. The Morgan fingerprint density at radius 3 is 2.59 bits per heavy atom. The Kier molecular flexibility index (Phi) is 3.68. The maximum Gasteiger partial charge on any atom is 0.0376 e. The molecule has 1 heteroatoms. The SMILES string of the molecule is CCCCNc1ccc2ccc(C)cc2c1C. The maximum absolute atomic E-state index is 3.53. The molecular weight excluding hydrogens is 206 g/mol. The van der Waals surface area contributed by atoms with Crippen molar-refractivity contribution in [1.29, 1.82) is 0 Å². The summed E-state index contributed by atoms with van der Waals surface area (Å²) in [5.74, 6) is 0. The summed E-state index contributed by atoms with van der Waals surface area (Å²) in [4.78, 5) is 0. The van der Waals surface area contributed by atoms with Crippen LogP contribution in [-0.2, 0) is 0 Å². The highest BCUT2D eigenvalue weighted by atomic mass is 14.9. The van der Waals surface area contributed by atoms with E-state index in [-0.39, 0.29) is 0 Å². The molecule has 0 heterocycles. The van der Waals surface area contributed by atoms with E-state index >= 15 is 0 Å². The topological polar surface area (TPSA) is 12.0 Å². The zero-order valence-electron chi connectivity index (χ0n) is 11.0. The van der Waals surface area contributed by atoms with Gasteiger partial charge in [0.05, 0.1) is 0 Å². The Hall–Kier alpha value is -1.50. The molecule has 0 unspecified atom stereocenters. The summed E-state index contributed by atoms with van der Waals surface area (Å²) in [5.41, 5.74) is 3.96. The van der Waals surface area contributed by atoms with Crippen molar-refractivity contribution >= 4 is 16.5 Å². The molecule has 0 fully saturated rings. The maximum atomic E-state index is 3.53. The molecule has 90 valence electrons. The third kappa shape index (κ3) is 2.60. The van der Waals surface area contributed by atoms with Crippen molar-refractivity contribution in [3.8, 4) is 0 Å². The van der Waals surface area contributed by atoms with Gasteiger partial charge in [-0.2, -0.15) is 0 Å². The first-order valence-corrected chi connectivity index (χ1v) is 6.46. The second kappa shape index (κ2) is 5.22. The van der Waals surface area contributed by atoms with Crippen LogP contribution in [0.15, 0.2) is 30.3 Å². The fourth-order valence-corrected chi connectivity index (χ4v) is 2.17. The molecular formula is C16H21N. The quantitative estimate of drug-likeness (QED) is 0.748. The highest BCUT2D eigenvalue weighted by Gasteiger charge is 2.03. The average Bonchev–Trinajstić information content (AvgIpc) is 2.33. The number of fused-ring (bicyclic) bond motifs is 1. The monoisotopic (exact) mass is 227 g/mol. The van der Waals surface area contributed by atoms with Crippen LogP contribution in [0.2, 0.25) is 0 Å². The molecule has 2 aromatic carbocycles. The summed E-state index contributed by atoms with van der Waals surface area (Å²) in [6.45, 7) is 7.64. The van der Waals surface area contributed by atoms with E-state index < -0.39 is 0 Å². The van der Waals surface area contributed by atoms with Gasteiger partial charge in [-0.05, 0) is 42.7 Å². The van der Waals surface area contributed by atoms with Gasteiger partial charge in [0.1, 0.15) is 0 Å². The third-order valence-electron chi connectivity index (χ3n) is 3.29. The fraction of sp³-hybridized carbons (Fsp3) is 0.375. The number of rotatable bonds is 4. The second-order valence-electron chi connectivity index (χ2n) is 4.74. The highest BCUT2D eigenvalue weighted by molar-refractivity contribution is 5.90. The van der Waals surface area contributed by atoms with Gasteiger partial charge >= 0.3 is 0 Å². The molecule has 1 nitrogen and oxygen atoms in total. The minimum absolute atomic E-state index is 1.06. The first-order chi connectivity index (χ1) is 8.22. The predicted molar refractivity (Wildman–Crippen MR) is 76.8 cm³/mol. The average molecular weight is 227 g/mol. The minimum Gasteiger partial charge on any atom is -0.385 e. The molecule has 0 saturated heterocycles. The van der Waals surface area contributed by atoms with Crippen molar-refractivity contribution in [2.24, 2.45) is 0 Å². The number of aryl methyl sites for hydroxylation is 2. The zero-order valence-corrected chi connectivity index (χ0v) is 11.0. The van der Waals surface area contributed by atoms with Crippen molar-refractivity contribution in [2.45, 2.75) is 33.6 Å². The van der Waals surface area contributed by atoms with E-state index in [0.717, 1.165) is 6.54 Å². The Bertz CT molecular complexity index is 514. The normalized spacial score (nSPS) is 10.8. The summed E-state index contributed by atoms with van der Waals surface area (Å²) in [7, 11) is 0. The Balaban J connectivity index is 2.35. The van der Waals surface area contributed by atoms with Crippen LogP contribution in [0.1, 0.15) is 30.9 Å². The van der Waals surface area contributed by atoms with E-state index in [4.69, 9.17) is 0 Å². The van der Waals surface area contributed by atoms with Gasteiger partial charge in [-0.15, -0.1) is 0 Å².